The summed E-state index contributed by atoms with van der Waals surface area (Å²) in [4.78, 5) is 27.6. The zero-order valence-corrected chi connectivity index (χ0v) is 15.9. The quantitative estimate of drug-likeness (QED) is 0.790. The van der Waals surface area contributed by atoms with Crippen LogP contribution in [0, 0.1) is 0 Å². The number of hydrogen-bond acceptors (Lipinski definition) is 2. The van der Waals surface area contributed by atoms with Crippen molar-refractivity contribution in [1.82, 2.24) is 10.2 Å². The second-order valence-corrected chi connectivity index (χ2v) is 7.07. The smallest absolute Gasteiger partial charge is 0.270 e. The van der Waals surface area contributed by atoms with Crippen molar-refractivity contribution in [2.24, 2.45) is 0 Å². The summed E-state index contributed by atoms with van der Waals surface area (Å²) in [5.74, 6) is -0.435. The van der Waals surface area contributed by atoms with Gasteiger partial charge in [-0.25, -0.2) is 0 Å². The van der Waals surface area contributed by atoms with E-state index in [2.05, 4.69) is 5.32 Å². The highest BCUT2D eigenvalue weighted by Gasteiger charge is 2.21. The molecule has 1 N–H and O–H groups in total. The SMILES string of the molecule is O=C(NC(=Cc1ccc(Cl)cc1)C(=O)N1CCCCCC1)c1ccccc1. The number of carbonyl (C=O) groups excluding carboxylic acids is 2. The molecule has 3 rings (SSSR count). The van der Waals surface area contributed by atoms with E-state index < -0.39 is 0 Å². The van der Waals surface area contributed by atoms with Crippen molar-refractivity contribution in [3.8, 4) is 0 Å². The molecule has 0 unspecified atom stereocenters. The molecule has 1 saturated heterocycles. The topological polar surface area (TPSA) is 49.4 Å². The zero-order chi connectivity index (χ0) is 19.1. The monoisotopic (exact) mass is 382 g/mol. The first-order chi connectivity index (χ1) is 13.1. The lowest BCUT2D eigenvalue weighted by Crippen LogP contribution is -2.39. The number of carbonyl (C=O) groups is 2. The van der Waals surface area contributed by atoms with Gasteiger partial charge in [-0.3, -0.25) is 9.59 Å². The summed E-state index contributed by atoms with van der Waals surface area (Å²) in [5.41, 5.74) is 1.61. The van der Waals surface area contributed by atoms with E-state index in [0.29, 0.717) is 10.6 Å². The minimum atomic E-state index is -0.293. The molecule has 140 valence electrons. The van der Waals surface area contributed by atoms with Gasteiger partial charge in [0.1, 0.15) is 5.70 Å². The van der Waals surface area contributed by atoms with Crippen molar-refractivity contribution in [2.45, 2.75) is 25.7 Å². The maximum Gasteiger partial charge on any atom is 0.270 e. The van der Waals surface area contributed by atoms with Crippen molar-refractivity contribution in [3.05, 3.63) is 76.4 Å². The molecule has 27 heavy (non-hydrogen) atoms. The van der Waals surface area contributed by atoms with Crippen LogP contribution in [-0.4, -0.2) is 29.8 Å². The van der Waals surface area contributed by atoms with E-state index in [1.54, 1.807) is 42.5 Å². The van der Waals surface area contributed by atoms with Gasteiger partial charge in [-0.15, -0.1) is 0 Å². The molecular formula is C22H23ClN2O2. The van der Waals surface area contributed by atoms with E-state index in [1.807, 2.05) is 23.1 Å². The molecule has 2 amide bonds. The van der Waals surface area contributed by atoms with Crippen LogP contribution in [0.1, 0.15) is 41.6 Å². The highest BCUT2D eigenvalue weighted by atomic mass is 35.5. The Morgan fingerprint density at radius 2 is 1.52 bits per heavy atom. The van der Waals surface area contributed by atoms with E-state index in [-0.39, 0.29) is 17.5 Å². The first-order valence-electron chi connectivity index (χ1n) is 9.26. The second-order valence-electron chi connectivity index (χ2n) is 6.64. The zero-order valence-electron chi connectivity index (χ0n) is 15.2. The minimum Gasteiger partial charge on any atom is -0.337 e. The molecule has 2 aromatic rings. The summed E-state index contributed by atoms with van der Waals surface area (Å²) < 4.78 is 0. The molecular weight excluding hydrogens is 360 g/mol. The number of nitrogens with one attached hydrogen (secondary N) is 1. The average Bonchev–Trinajstić information content (AvgIpc) is 2.98. The molecule has 5 heteroatoms. The molecule has 1 aliphatic heterocycles. The Hall–Kier alpha value is -2.59. The summed E-state index contributed by atoms with van der Waals surface area (Å²) >= 11 is 5.95. The lowest BCUT2D eigenvalue weighted by Gasteiger charge is -2.22. The number of rotatable bonds is 4. The van der Waals surface area contributed by atoms with Crippen molar-refractivity contribution >= 4 is 29.5 Å². The fourth-order valence-corrected chi connectivity index (χ4v) is 3.23. The van der Waals surface area contributed by atoms with Gasteiger partial charge in [0.2, 0.25) is 0 Å². The van der Waals surface area contributed by atoms with Crippen molar-refractivity contribution in [2.75, 3.05) is 13.1 Å². The van der Waals surface area contributed by atoms with Crippen LogP contribution in [0.4, 0.5) is 0 Å². The van der Waals surface area contributed by atoms with Gasteiger partial charge in [0, 0.05) is 23.7 Å². The third-order valence-electron chi connectivity index (χ3n) is 4.59. The lowest BCUT2D eigenvalue weighted by molar-refractivity contribution is -0.127. The highest BCUT2D eigenvalue weighted by molar-refractivity contribution is 6.30. The van der Waals surface area contributed by atoms with Gasteiger partial charge in [0.25, 0.3) is 11.8 Å². The lowest BCUT2D eigenvalue weighted by atomic mass is 10.1. The van der Waals surface area contributed by atoms with Crippen LogP contribution in [0.5, 0.6) is 0 Å². The molecule has 0 spiro atoms. The first kappa shape index (κ1) is 19.2. The van der Waals surface area contributed by atoms with Crippen molar-refractivity contribution < 1.29 is 9.59 Å². The molecule has 0 aliphatic carbocycles. The largest absolute Gasteiger partial charge is 0.337 e. The summed E-state index contributed by atoms with van der Waals surface area (Å²) in [6, 6.07) is 16.1. The van der Waals surface area contributed by atoms with Gasteiger partial charge < -0.3 is 10.2 Å². The molecule has 1 heterocycles. The predicted molar refractivity (Wildman–Crippen MR) is 108 cm³/mol. The van der Waals surface area contributed by atoms with Gasteiger partial charge in [-0.05, 0) is 48.7 Å². The summed E-state index contributed by atoms with van der Waals surface area (Å²) in [6.45, 7) is 1.44. The van der Waals surface area contributed by atoms with Crippen molar-refractivity contribution in [3.63, 3.8) is 0 Å². The Morgan fingerprint density at radius 3 is 2.15 bits per heavy atom. The Labute approximate surface area is 164 Å². The summed E-state index contributed by atoms with van der Waals surface area (Å²) in [6.07, 6.45) is 5.97. The second kappa shape index (κ2) is 9.38. The molecule has 0 saturated carbocycles. The molecule has 1 fully saturated rings. The van der Waals surface area contributed by atoms with Gasteiger partial charge in [-0.2, -0.15) is 0 Å². The standard InChI is InChI=1S/C22H23ClN2O2/c23-19-12-10-17(11-13-19)16-20(22(27)25-14-6-1-2-7-15-25)24-21(26)18-8-4-3-5-9-18/h3-5,8-13,16H,1-2,6-7,14-15H2,(H,24,26). The maximum atomic E-state index is 13.1. The minimum absolute atomic E-state index is 0.142. The van der Waals surface area contributed by atoms with E-state index in [0.717, 1.165) is 44.3 Å². The Morgan fingerprint density at radius 1 is 0.889 bits per heavy atom. The van der Waals surface area contributed by atoms with Crippen LogP contribution < -0.4 is 5.32 Å². The number of likely N-dealkylation sites (tertiary alicyclic amines) is 1. The number of nitrogens with zero attached hydrogens (tertiary/aromatic N) is 1. The normalized spacial score (nSPS) is 15.1. The Bertz CT molecular complexity index is 808. The third kappa shape index (κ3) is 5.44. The van der Waals surface area contributed by atoms with Crippen LogP contribution >= 0.6 is 11.6 Å². The van der Waals surface area contributed by atoms with Crippen LogP contribution in [0.25, 0.3) is 6.08 Å². The van der Waals surface area contributed by atoms with Crippen molar-refractivity contribution in [1.29, 1.82) is 0 Å². The first-order valence-corrected chi connectivity index (χ1v) is 9.64. The van der Waals surface area contributed by atoms with Gasteiger partial charge >= 0.3 is 0 Å². The molecule has 0 aromatic heterocycles. The average molecular weight is 383 g/mol. The van der Waals surface area contributed by atoms with E-state index in [4.69, 9.17) is 11.6 Å². The fraction of sp³-hybridized carbons (Fsp3) is 0.273. The Balaban J connectivity index is 1.86. The van der Waals surface area contributed by atoms with Crippen LogP contribution in [0.3, 0.4) is 0 Å². The van der Waals surface area contributed by atoms with Gasteiger partial charge in [0.15, 0.2) is 0 Å². The molecule has 2 aromatic carbocycles. The molecule has 1 aliphatic rings. The molecule has 0 bridgehead atoms. The van der Waals surface area contributed by atoms with E-state index in [1.165, 1.54) is 0 Å². The number of amides is 2. The van der Waals surface area contributed by atoms with E-state index >= 15 is 0 Å². The number of benzene rings is 2. The Kier molecular flexibility index (Phi) is 6.66. The predicted octanol–water partition coefficient (Wildman–Crippen LogP) is 4.51. The summed E-state index contributed by atoms with van der Waals surface area (Å²) in [5, 5.41) is 3.44. The van der Waals surface area contributed by atoms with Gasteiger partial charge in [-0.1, -0.05) is 54.8 Å². The molecule has 4 nitrogen and oxygen atoms in total. The van der Waals surface area contributed by atoms with Crippen LogP contribution in [0.2, 0.25) is 5.02 Å². The molecule has 0 radical (unpaired) electrons. The van der Waals surface area contributed by atoms with E-state index in [9.17, 15) is 9.59 Å². The highest BCUT2D eigenvalue weighted by Crippen LogP contribution is 2.16. The molecule has 0 atom stereocenters. The number of halogens is 1. The number of hydrogen-bond donors (Lipinski definition) is 1. The summed E-state index contributed by atoms with van der Waals surface area (Å²) in [7, 11) is 0. The maximum absolute atomic E-state index is 13.1. The van der Waals surface area contributed by atoms with Crippen LogP contribution in [0.15, 0.2) is 60.3 Å². The van der Waals surface area contributed by atoms with Crippen LogP contribution in [-0.2, 0) is 4.79 Å². The van der Waals surface area contributed by atoms with Gasteiger partial charge in [0.05, 0.1) is 0 Å². The third-order valence-corrected chi connectivity index (χ3v) is 4.84. The fourth-order valence-electron chi connectivity index (χ4n) is 3.11.